The number of carbonyl (C=O) groups excluding carboxylic acids is 6. The molecule has 12 rings (SSSR count). The zero-order valence-corrected chi connectivity index (χ0v) is 51.8. The minimum Gasteiger partial charge on any atom is -0.458 e. The van der Waals surface area contributed by atoms with Crippen LogP contribution in [0.5, 0.6) is 11.5 Å². The number of amides is 2. The Morgan fingerprint density at radius 3 is 1.04 bits per heavy atom. The first kappa shape index (κ1) is 60.1. The third-order valence-electron chi connectivity index (χ3n) is 14.2. The highest BCUT2D eigenvalue weighted by Gasteiger charge is 2.64. The molecule has 444 valence electrons. The van der Waals surface area contributed by atoms with Crippen LogP contribution < -0.4 is 9.47 Å². The fraction of sp³-hybridized carbons (Fsp3) is 0.156. The number of ether oxygens (including phenoxy) is 6. The zero-order valence-electron chi connectivity index (χ0n) is 46.9. The van der Waals surface area contributed by atoms with Gasteiger partial charge in [0, 0.05) is 25.2 Å². The number of nitrogens with zero attached hydrogens (tertiary/aromatic N) is 8. The van der Waals surface area contributed by atoms with Crippen LogP contribution in [0, 0.1) is 45.3 Å². The van der Waals surface area contributed by atoms with Gasteiger partial charge in [-0.3, -0.25) is 19.4 Å². The molecule has 4 aromatic carbocycles. The second kappa shape index (κ2) is 25.1. The van der Waals surface area contributed by atoms with Crippen molar-refractivity contribution in [3.05, 3.63) is 188 Å². The van der Waals surface area contributed by atoms with Gasteiger partial charge < -0.3 is 28.4 Å². The molecule has 2 saturated heterocycles. The molecule has 0 unspecified atom stereocenters. The van der Waals surface area contributed by atoms with E-state index < -0.39 is 46.9 Å². The Kier molecular flexibility index (Phi) is 16.8. The maximum absolute atomic E-state index is 15.8. The van der Waals surface area contributed by atoms with Gasteiger partial charge in [0.1, 0.15) is 82.3 Å². The van der Waals surface area contributed by atoms with E-state index in [0.29, 0.717) is 22.3 Å². The van der Waals surface area contributed by atoms with Crippen LogP contribution in [-0.2, 0) is 85.3 Å². The number of allylic oxidation sites excluding steroid dienone is 2. The summed E-state index contributed by atoms with van der Waals surface area (Å²) in [6.07, 6.45) is 0. The standard InChI is InChI=1S/C64H40N8O12S6/c1-3-71-55(73)53(89-57(71)39(27-65)28-66)69-43-25-41-47(85-43)49-45(63(83-41,59(75)79-31-35-17-9-5-10-18-35)60(76)80-32-36-19-11-6-12-20-36)51-52(87-49)46-50(88-51)48-42(26-44(86-48)70-54-56(74)72(4-2)58(90-54)40(29-67)30-68)84-64(46,61(77)81-33-37-21-13-7-14-22-37)62(78)82-34-38-23-15-8-16-24-38/h5-26H,3-4,31-34H2,1-2H3/b69-53-,70-54-. The number of thiophene rings is 4. The van der Waals surface area contributed by atoms with Gasteiger partial charge in [0.2, 0.25) is 0 Å². The van der Waals surface area contributed by atoms with E-state index in [-0.39, 0.29) is 132 Å². The van der Waals surface area contributed by atoms with Gasteiger partial charge in [-0.1, -0.05) is 121 Å². The van der Waals surface area contributed by atoms with E-state index in [9.17, 15) is 30.6 Å². The lowest BCUT2D eigenvalue weighted by Crippen LogP contribution is -2.52. The van der Waals surface area contributed by atoms with E-state index in [1.54, 1.807) is 135 Å². The molecule has 4 aliphatic rings. The summed E-state index contributed by atoms with van der Waals surface area (Å²) in [4.78, 5) is 104. The van der Waals surface area contributed by atoms with Crippen molar-refractivity contribution in [1.29, 1.82) is 21.0 Å². The third-order valence-corrected chi connectivity index (χ3v) is 21.2. The number of carbonyl (C=O) groups is 6. The van der Waals surface area contributed by atoms with Gasteiger partial charge in [0.05, 0.1) is 40.0 Å². The average Bonchev–Trinajstić information content (AvgIpc) is 1.52. The van der Waals surface area contributed by atoms with E-state index in [2.05, 4.69) is 0 Å². The summed E-state index contributed by atoms with van der Waals surface area (Å²) in [5.41, 5.74) is -4.32. The normalized spacial score (nSPS) is 15.7. The molecule has 4 aliphatic heterocycles. The second-order valence-corrected chi connectivity index (χ2v) is 25.6. The van der Waals surface area contributed by atoms with E-state index >= 15 is 19.2 Å². The van der Waals surface area contributed by atoms with Gasteiger partial charge in [-0.25, -0.2) is 29.2 Å². The molecule has 0 spiro atoms. The van der Waals surface area contributed by atoms with Crippen LogP contribution in [-0.4, -0.2) is 68.7 Å². The second-order valence-electron chi connectivity index (χ2n) is 19.6. The topological polar surface area (TPSA) is 284 Å². The van der Waals surface area contributed by atoms with E-state index in [4.69, 9.17) is 38.4 Å². The number of rotatable bonds is 16. The van der Waals surface area contributed by atoms with Crippen molar-refractivity contribution in [3.63, 3.8) is 0 Å². The van der Waals surface area contributed by atoms with Gasteiger partial charge in [-0.15, -0.1) is 45.3 Å². The zero-order chi connectivity index (χ0) is 62.8. The van der Waals surface area contributed by atoms with Gasteiger partial charge in [0.25, 0.3) is 11.8 Å². The van der Waals surface area contributed by atoms with Gasteiger partial charge in [0.15, 0.2) is 21.2 Å². The number of benzene rings is 4. The van der Waals surface area contributed by atoms with Crippen LogP contribution in [0.2, 0.25) is 0 Å². The molecule has 26 heteroatoms. The molecule has 0 N–H and O–H groups in total. The first-order valence-corrected chi connectivity index (χ1v) is 32.1. The van der Waals surface area contributed by atoms with Gasteiger partial charge in [-0.05, 0) is 59.6 Å². The molecule has 0 atom stereocenters. The lowest BCUT2D eigenvalue weighted by atomic mass is 9.88. The lowest BCUT2D eigenvalue weighted by Gasteiger charge is -2.33. The number of esters is 4. The summed E-state index contributed by atoms with van der Waals surface area (Å²) in [6.45, 7) is 2.15. The monoisotopic (exact) mass is 1300 g/mol. The summed E-state index contributed by atoms with van der Waals surface area (Å²) in [5.74, 6) is -6.23. The Hall–Kier alpha value is -10.2. The van der Waals surface area contributed by atoms with Crippen molar-refractivity contribution in [2.75, 3.05) is 13.1 Å². The van der Waals surface area contributed by atoms with Crippen molar-refractivity contribution in [2.45, 2.75) is 51.5 Å². The molecule has 2 fully saturated rings. The molecule has 8 aromatic rings. The number of fused-ring (bicyclic) bond motifs is 9. The van der Waals surface area contributed by atoms with Crippen LogP contribution in [0.25, 0.3) is 28.9 Å². The molecule has 0 radical (unpaired) electrons. The van der Waals surface area contributed by atoms with Crippen LogP contribution in [0.3, 0.4) is 0 Å². The number of thioether (sulfide) groups is 2. The number of hydrogen-bond donors (Lipinski definition) is 0. The minimum absolute atomic E-state index is 0.0803. The van der Waals surface area contributed by atoms with Crippen LogP contribution >= 0.6 is 68.9 Å². The SMILES string of the molecule is CCN1C(=O)/C(=N/c2cc3c(s2)-c2sc4c5c(sc4c2C(C(=O)OCc2ccccc2)(C(=O)OCc2ccccc2)O3)-c2sc(/N=C3\SC(=C(C#N)C#N)N(CC)C3=O)cc2OC5(C(=O)OCc2ccccc2)C(=O)OCc2ccccc2)SC1=C(C#N)C#N. The van der Waals surface area contributed by atoms with E-state index in [1.165, 1.54) is 21.9 Å². The first-order valence-electron chi connectivity index (χ1n) is 27.2. The van der Waals surface area contributed by atoms with E-state index in [0.717, 1.165) is 68.9 Å². The molecular weight excluding hydrogens is 1270 g/mol. The molecule has 20 nitrogen and oxygen atoms in total. The average molecular weight is 1310 g/mol. The van der Waals surface area contributed by atoms with E-state index in [1.807, 2.05) is 24.3 Å². The van der Waals surface area contributed by atoms with Crippen LogP contribution in [0.1, 0.15) is 47.2 Å². The summed E-state index contributed by atoms with van der Waals surface area (Å²) in [7, 11) is 0. The van der Waals surface area contributed by atoms with Crippen LogP contribution in [0.4, 0.5) is 10.0 Å². The minimum atomic E-state index is -2.85. The van der Waals surface area contributed by atoms with Crippen LogP contribution in [0.15, 0.2) is 165 Å². The maximum atomic E-state index is 15.8. The fourth-order valence-electron chi connectivity index (χ4n) is 9.99. The number of hydrogen-bond acceptors (Lipinski definition) is 24. The summed E-state index contributed by atoms with van der Waals surface area (Å²) in [6, 6.07) is 45.0. The predicted molar refractivity (Wildman–Crippen MR) is 337 cm³/mol. The Morgan fingerprint density at radius 1 is 0.467 bits per heavy atom. The van der Waals surface area contributed by atoms with Crippen molar-refractivity contribution < 1.29 is 57.2 Å². The quantitative estimate of drug-likeness (QED) is 0.0376. The molecule has 8 heterocycles. The Labute approximate surface area is 536 Å². The highest BCUT2D eigenvalue weighted by molar-refractivity contribution is 8.20. The van der Waals surface area contributed by atoms with Crippen molar-refractivity contribution in [3.8, 4) is 55.3 Å². The lowest BCUT2D eigenvalue weighted by molar-refractivity contribution is -0.184. The maximum Gasteiger partial charge on any atom is 0.367 e. The molecule has 0 saturated carbocycles. The van der Waals surface area contributed by atoms with Crippen molar-refractivity contribution in [1.82, 2.24) is 9.80 Å². The Morgan fingerprint density at radius 2 is 0.767 bits per heavy atom. The summed E-state index contributed by atoms with van der Waals surface area (Å²) in [5, 5.41) is 39.5. The third kappa shape index (κ3) is 10.6. The molecule has 4 aromatic heterocycles. The number of aliphatic imine (C=N–C) groups is 2. The first-order chi connectivity index (χ1) is 43.8. The molecule has 0 bridgehead atoms. The molecule has 90 heavy (non-hydrogen) atoms. The summed E-state index contributed by atoms with van der Waals surface area (Å²) >= 11 is 5.60. The smallest absolute Gasteiger partial charge is 0.367 e. The highest BCUT2D eigenvalue weighted by Crippen LogP contribution is 2.65. The molecular formula is C64H40N8O12S6. The van der Waals surface area contributed by atoms with Crippen molar-refractivity contribution >= 4 is 134 Å². The van der Waals surface area contributed by atoms with Crippen molar-refractivity contribution in [2.24, 2.45) is 9.98 Å². The molecule has 2 amide bonds. The van der Waals surface area contributed by atoms with Gasteiger partial charge in [-0.2, -0.15) is 21.0 Å². The largest absolute Gasteiger partial charge is 0.458 e. The molecule has 0 aliphatic carbocycles. The van der Waals surface area contributed by atoms with Gasteiger partial charge >= 0.3 is 35.1 Å². The Balaban J connectivity index is 1.12. The highest BCUT2D eigenvalue weighted by atomic mass is 32.2. The predicted octanol–water partition coefficient (Wildman–Crippen LogP) is 12.3. The Bertz CT molecular complexity index is 4190. The fourth-order valence-corrected chi connectivity index (χ4v) is 17.5. The number of nitriles is 4. The summed E-state index contributed by atoms with van der Waals surface area (Å²) < 4.78 is 38.6.